The molecule has 1 unspecified atom stereocenters. The lowest BCUT2D eigenvalue weighted by atomic mass is 9.98. The lowest BCUT2D eigenvalue weighted by Gasteiger charge is -2.14. The Bertz CT molecular complexity index is 1180. The highest BCUT2D eigenvalue weighted by molar-refractivity contribution is 7.98. The van der Waals surface area contributed by atoms with Gasteiger partial charge in [-0.1, -0.05) is 48.5 Å². The number of nitrogens with one attached hydrogen (secondary N) is 2. The minimum Gasteiger partial charge on any atom is -0.480 e. The minimum absolute atomic E-state index is 0.0234. The molecule has 9 heteroatoms. The standard InChI is InChI=1S/C26H26N2O6S/c1-35-13-12-22(25(30)31)28-24(29)23-11-10-16(34-23)14-27-26(32)33-15-21-19-8-4-2-6-17(19)18-7-3-5-9-20(18)21/h2-11,21-22H,12-15H2,1H3,(H,27,32)(H,28,29)(H,30,31). The number of amides is 2. The molecule has 1 atom stereocenters. The Labute approximate surface area is 207 Å². The number of alkyl carbamates (subject to hydrolysis) is 1. The Morgan fingerprint density at radius 3 is 2.31 bits per heavy atom. The number of fused-ring (bicyclic) bond motifs is 3. The molecule has 0 fully saturated rings. The maximum atomic E-state index is 12.3. The highest BCUT2D eigenvalue weighted by Crippen LogP contribution is 2.44. The molecule has 2 aromatic carbocycles. The number of rotatable bonds is 10. The van der Waals surface area contributed by atoms with Crippen LogP contribution in [0.5, 0.6) is 0 Å². The molecule has 2 amide bonds. The topological polar surface area (TPSA) is 118 Å². The number of thioether (sulfide) groups is 1. The lowest BCUT2D eigenvalue weighted by Crippen LogP contribution is -2.41. The smallest absolute Gasteiger partial charge is 0.407 e. The minimum atomic E-state index is -1.10. The number of ether oxygens (including phenoxy) is 1. The van der Waals surface area contributed by atoms with Crippen molar-refractivity contribution in [2.24, 2.45) is 0 Å². The van der Waals surface area contributed by atoms with E-state index in [9.17, 15) is 19.5 Å². The van der Waals surface area contributed by atoms with Crippen molar-refractivity contribution in [3.05, 3.63) is 83.3 Å². The molecule has 3 aromatic rings. The number of hydrogen-bond acceptors (Lipinski definition) is 6. The first-order valence-electron chi connectivity index (χ1n) is 11.2. The molecule has 0 saturated carbocycles. The van der Waals surface area contributed by atoms with Crippen molar-refractivity contribution in [2.75, 3.05) is 18.6 Å². The van der Waals surface area contributed by atoms with Crippen LogP contribution in [-0.2, 0) is 16.1 Å². The largest absolute Gasteiger partial charge is 0.480 e. The molecule has 0 aliphatic heterocycles. The summed E-state index contributed by atoms with van der Waals surface area (Å²) in [5.41, 5.74) is 4.55. The van der Waals surface area contributed by atoms with Gasteiger partial charge in [0.25, 0.3) is 5.91 Å². The fourth-order valence-electron chi connectivity index (χ4n) is 4.13. The van der Waals surface area contributed by atoms with Gasteiger partial charge in [0.1, 0.15) is 18.4 Å². The van der Waals surface area contributed by atoms with E-state index >= 15 is 0 Å². The van der Waals surface area contributed by atoms with E-state index in [1.165, 1.54) is 17.8 Å². The average molecular weight is 495 g/mol. The molecule has 0 radical (unpaired) electrons. The quantitative estimate of drug-likeness (QED) is 0.386. The second-order valence-electron chi connectivity index (χ2n) is 8.09. The molecule has 35 heavy (non-hydrogen) atoms. The Balaban J connectivity index is 1.29. The van der Waals surface area contributed by atoms with Crippen molar-refractivity contribution in [2.45, 2.75) is 24.9 Å². The van der Waals surface area contributed by atoms with Gasteiger partial charge in [-0.15, -0.1) is 0 Å². The fraction of sp³-hybridized carbons (Fsp3) is 0.269. The van der Waals surface area contributed by atoms with Crippen LogP contribution >= 0.6 is 11.8 Å². The summed E-state index contributed by atoms with van der Waals surface area (Å²) in [5, 5.41) is 14.4. The number of carbonyl (C=O) groups is 3. The fourth-order valence-corrected chi connectivity index (χ4v) is 4.60. The van der Waals surface area contributed by atoms with Crippen LogP contribution in [0.3, 0.4) is 0 Å². The summed E-state index contributed by atoms with van der Waals surface area (Å²) in [6, 6.07) is 18.2. The Hall–Kier alpha value is -3.72. The predicted octanol–water partition coefficient (Wildman–Crippen LogP) is 4.25. The zero-order valence-corrected chi connectivity index (χ0v) is 20.0. The van der Waals surface area contributed by atoms with E-state index in [0.29, 0.717) is 17.9 Å². The van der Waals surface area contributed by atoms with Crippen LogP contribution in [0.25, 0.3) is 11.1 Å². The first kappa shape index (κ1) is 24.4. The van der Waals surface area contributed by atoms with Crippen LogP contribution in [-0.4, -0.2) is 47.7 Å². The van der Waals surface area contributed by atoms with Crippen molar-refractivity contribution in [3.8, 4) is 11.1 Å². The predicted molar refractivity (Wildman–Crippen MR) is 133 cm³/mol. The zero-order valence-electron chi connectivity index (χ0n) is 19.2. The summed E-state index contributed by atoms with van der Waals surface area (Å²) in [5.74, 6) is -0.836. The number of benzene rings is 2. The van der Waals surface area contributed by atoms with Gasteiger partial charge >= 0.3 is 12.1 Å². The van der Waals surface area contributed by atoms with Crippen molar-refractivity contribution < 1.29 is 28.6 Å². The molecule has 1 heterocycles. The van der Waals surface area contributed by atoms with Gasteiger partial charge in [-0.2, -0.15) is 11.8 Å². The average Bonchev–Trinajstić information content (AvgIpc) is 3.47. The van der Waals surface area contributed by atoms with Gasteiger partial charge in [0.05, 0.1) is 6.54 Å². The molecule has 182 valence electrons. The number of hydrogen-bond donors (Lipinski definition) is 3. The van der Waals surface area contributed by atoms with Crippen LogP contribution in [0.1, 0.15) is 39.8 Å². The van der Waals surface area contributed by atoms with Crippen molar-refractivity contribution in [1.82, 2.24) is 10.6 Å². The van der Waals surface area contributed by atoms with E-state index in [1.54, 1.807) is 6.07 Å². The monoisotopic (exact) mass is 494 g/mol. The zero-order chi connectivity index (χ0) is 24.8. The number of aliphatic carboxylic acids is 1. The van der Waals surface area contributed by atoms with Gasteiger partial charge in [0, 0.05) is 5.92 Å². The van der Waals surface area contributed by atoms with Crippen LogP contribution in [0.15, 0.2) is 65.1 Å². The number of carboxylic acids is 1. The highest BCUT2D eigenvalue weighted by atomic mass is 32.2. The molecular weight excluding hydrogens is 468 g/mol. The summed E-state index contributed by atoms with van der Waals surface area (Å²) in [7, 11) is 0. The molecule has 0 spiro atoms. The maximum Gasteiger partial charge on any atom is 0.407 e. The van der Waals surface area contributed by atoms with Gasteiger partial charge < -0.3 is 24.9 Å². The van der Waals surface area contributed by atoms with Gasteiger partial charge in [-0.25, -0.2) is 9.59 Å². The van der Waals surface area contributed by atoms with E-state index in [1.807, 2.05) is 42.7 Å². The number of furan rings is 1. The molecular formula is C26H26N2O6S. The summed E-state index contributed by atoms with van der Waals surface area (Å²) in [6.45, 7) is 0.219. The third-order valence-corrected chi connectivity index (χ3v) is 6.49. The second kappa shape index (κ2) is 11.1. The maximum absolute atomic E-state index is 12.3. The van der Waals surface area contributed by atoms with Crippen molar-refractivity contribution in [1.29, 1.82) is 0 Å². The van der Waals surface area contributed by atoms with Crippen molar-refractivity contribution >= 4 is 29.7 Å². The molecule has 4 rings (SSSR count). The Morgan fingerprint density at radius 1 is 1.03 bits per heavy atom. The van der Waals surface area contributed by atoms with Crippen LogP contribution in [0.4, 0.5) is 4.79 Å². The molecule has 8 nitrogen and oxygen atoms in total. The highest BCUT2D eigenvalue weighted by Gasteiger charge is 2.29. The van der Waals surface area contributed by atoms with Gasteiger partial charge in [-0.3, -0.25) is 4.79 Å². The van der Waals surface area contributed by atoms with Gasteiger partial charge in [0.15, 0.2) is 5.76 Å². The van der Waals surface area contributed by atoms with E-state index in [2.05, 4.69) is 22.8 Å². The second-order valence-corrected chi connectivity index (χ2v) is 9.08. The number of carbonyl (C=O) groups excluding carboxylic acids is 2. The molecule has 0 bridgehead atoms. The van der Waals surface area contributed by atoms with Crippen LogP contribution in [0, 0.1) is 0 Å². The van der Waals surface area contributed by atoms with E-state index in [4.69, 9.17) is 9.15 Å². The molecule has 1 aromatic heterocycles. The number of carboxylic acid groups (broad SMARTS) is 1. The Kier molecular flexibility index (Phi) is 7.77. The molecule has 1 aliphatic rings. The van der Waals surface area contributed by atoms with Gasteiger partial charge in [0.2, 0.25) is 0 Å². The molecule has 0 saturated heterocycles. The Morgan fingerprint density at radius 2 is 1.69 bits per heavy atom. The summed E-state index contributed by atoms with van der Waals surface area (Å²) < 4.78 is 11.0. The van der Waals surface area contributed by atoms with Crippen LogP contribution in [0.2, 0.25) is 0 Å². The van der Waals surface area contributed by atoms with Gasteiger partial charge in [-0.05, 0) is 52.8 Å². The summed E-state index contributed by atoms with van der Waals surface area (Å²) in [6.07, 6.45) is 1.57. The summed E-state index contributed by atoms with van der Waals surface area (Å²) in [4.78, 5) is 36.0. The molecule has 1 aliphatic carbocycles. The SMILES string of the molecule is CSCCC(NC(=O)c1ccc(CNC(=O)OCC2c3ccccc3-c3ccccc32)o1)C(=O)O. The van der Waals surface area contributed by atoms with E-state index in [-0.39, 0.29) is 24.8 Å². The first-order chi connectivity index (χ1) is 17.0. The first-order valence-corrected chi connectivity index (χ1v) is 12.6. The molecule has 3 N–H and O–H groups in total. The normalized spacial score (nSPS) is 12.9. The van der Waals surface area contributed by atoms with Crippen molar-refractivity contribution in [3.63, 3.8) is 0 Å². The lowest BCUT2D eigenvalue weighted by molar-refractivity contribution is -0.139. The van der Waals surface area contributed by atoms with E-state index < -0.39 is 24.0 Å². The van der Waals surface area contributed by atoms with Crippen LogP contribution < -0.4 is 10.6 Å². The van der Waals surface area contributed by atoms with E-state index in [0.717, 1.165) is 22.3 Å². The third-order valence-electron chi connectivity index (χ3n) is 5.85. The third kappa shape index (κ3) is 5.68. The summed E-state index contributed by atoms with van der Waals surface area (Å²) >= 11 is 1.50.